The smallest absolute Gasteiger partial charge is 0.306 e. The predicted octanol–water partition coefficient (Wildman–Crippen LogP) is 24.3. The van der Waals surface area contributed by atoms with Gasteiger partial charge in [0.05, 0.1) is 27.7 Å². The van der Waals surface area contributed by atoms with Gasteiger partial charge in [0.15, 0.2) is 6.10 Å². The molecule has 0 rings (SSSR count). The number of hydrogen-bond acceptors (Lipinski definition) is 8. The molecular formula is C78H146NO8P. The zero-order valence-electron chi connectivity index (χ0n) is 58.9. The van der Waals surface area contributed by atoms with Gasteiger partial charge in [-0.3, -0.25) is 14.2 Å². The van der Waals surface area contributed by atoms with E-state index in [4.69, 9.17) is 18.5 Å². The maximum Gasteiger partial charge on any atom is 0.306 e. The molecule has 0 aromatic carbocycles. The van der Waals surface area contributed by atoms with Gasteiger partial charge in [0.25, 0.3) is 7.82 Å². The summed E-state index contributed by atoms with van der Waals surface area (Å²) in [6, 6.07) is 0. The van der Waals surface area contributed by atoms with E-state index in [1.54, 1.807) is 0 Å². The Hall–Kier alpha value is -2.29. The van der Waals surface area contributed by atoms with Crippen LogP contribution < -0.4 is 4.89 Å². The predicted molar refractivity (Wildman–Crippen MR) is 379 cm³/mol. The summed E-state index contributed by atoms with van der Waals surface area (Å²) in [5.41, 5.74) is 0. The van der Waals surface area contributed by atoms with Crippen molar-refractivity contribution in [2.75, 3.05) is 47.5 Å². The van der Waals surface area contributed by atoms with Crippen molar-refractivity contribution in [3.63, 3.8) is 0 Å². The summed E-state index contributed by atoms with van der Waals surface area (Å²) in [7, 11) is 1.18. The summed E-state index contributed by atoms with van der Waals surface area (Å²) in [4.78, 5) is 38.1. The highest BCUT2D eigenvalue weighted by atomic mass is 31.2. The molecule has 516 valence electrons. The first-order chi connectivity index (χ1) is 43.0. The SMILES string of the molecule is CC/C=C\C/C=C\C/C=C\C/C=C\CCCCCCCCCCCCCCCCCCC(=O)OC(COC(=O)CCCCCCCCCCCCCCCCCCCCCCCCC/C=C\CCCCCCCCCC)COP(=O)([O-])OCC[N+](C)(C)C. The van der Waals surface area contributed by atoms with Crippen LogP contribution >= 0.6 is 7.82 Å². The molecule has 0 fully saturated rings. The van der Waals surface area contributed by atoms with Crippen molar-refractivity contribution in [1.29, 1.82) is 0 Å². The Morgan fingerprint density at radius 1 is 0.364 bits per heavy atom. The number of carbonyl (C=O) groups is 2. The third-order valence-corrected chi connectivity index (χ3v) is 18.0. The average Bonchev–Trinajstić information content (AvgIpc) is 3.68. The Bertz CT molecular complexity index is 1670. The highest BCUT2D eigenvalue weighted by Gasteiger charge is 2.22. The Morgan fingerprint density at radius 3 is 0.977 bits per heavy atom. The fraction of sp³-hybridized carbons (Fsp3) is 0.846. The lowest BCUT2D eigenvalue weighted by Gasteiger charge is -2.28. The van der Waals surface area contributed by atoms with Crippen molar-refractivity contribution in [1.82, 2.24) is 0 Å². The lowest BCUT2D eigenvalue weighted by atomic mass is 10.0. The van der Waals surface area contributed by atoms with Crippen LogP contribution in [0.5, 0.6) is 0 Å². The first-order valence-electron chi connectivity index (χ1n) is 38.0. The number of phosphoric ester groups is 1. The molecule has 88 heavy (non-hydrogen) atoms. The molecule has 0 heterocycles. The number of allylic oxidation sites excluding steroid dienone is 10. The van der Waals surface area contributed by atoms with Crippen LogP contribution in [-0.4, -0.2) is 70.0 Å². The van der Waals surface area contributed by atoms with Crippen molar-refractivity contribution in [2.24, 2.45) is 0 Å². The van der Waals surface area contributed by atoms with Gasteiger partial charge in [-0.15, -0.1) is 0 Å². The molecule has 0 aliphatic carbocycles. The van der Waals surface area contributed by atoms with Gasteiger partial charge in [0.1, 0.15) is 19.8 Å². The number of esters is 2. The number of quaternary nitrogens is 1. The number of carbonyl (C=O) groups excluding carboxylic acids is 2. The number of unbranched alkanes of at least 4 members (excludes halogenated alkanes) is 47. The van der Waals surface area contributed by atoms with Crippen molar-refractivity contribution in [2.45, 2.75) is 380 Å². The molecule has 0 N–H and O–H groups in total. The summed E-state index contributed by atoms with van der Waals surface area (Å²) < 4.78 is 34.4. The Balaban J connectivity index is 3.94. The first kappa shape index (κ1) is 85.7. The van der Waals surface area contributed by atoms with Crippen molar-refractivity contribution < 1.29 is 42.1 Å². The van der Waals surface area contributed by atoms with Gasteiger partial charge < -0.3 is 27.9 Å². The summed E-state index contributed by atoms with van der Waals surface area (Å²) in [6.07, 6.45) is 91.9. The van der Waals surface area contributed by atoms with Gasteiger partial charge >= 0.3 is 11.9 Å². The number of hydrogen-bond donors (Lipinski definition) is 0. The second-order valence-electron chi connectivity index (χ2n) is 27.0. The summed E-state index contributed by atoms with van der Waals surface area (Å²) >= 11 is 0. The second-order valence-corrected chi connectivity index (χ2v) is 28.4. The lowest BCUT2D eigenvalue weighted by Crippen LogP contribution is -2.37. The third kappa shape index (κ3) is 72.8. The van der Waals surface area contributed by atoms with E-state index < -0.39 is 26.5 Å². The molecule has 0 saturated heterocycles. The molecule has 0 aliphatic rings. The minimum Gasteiger partial charge on any atom is -0.756 e. The molecule has 9 nitrogen and oxygen atoms in total. The molecule has 0 spiro atoms. The van der Waals surface area contributed by atoms with E-state index in [1.165, 1.54) is 276 Å². The molecule has 0 aromatic rings. The van der Waals surface area contributed by atoms with E-state index in [-0.39, 0.29) is 32.0 Å². The molecule has 0 aromatic heterocycles. The molecule has 0 aliphatic heterocycles. The quantitative estimate of drug-likeness (QED) is 0.0195. The maximum absolute atomic E-state index is 12.9. The fourth-order valence-corrected chi connectivity index (χ4v) is 12.0. The van der Waals surface area contributed by atoms with Crippen molar-refractivity contribution in [3.8, 4) is 0 Å². The molecule has 2 unspecified atom stereocenters. The topological polar surface area (TPSA) is 111 Å². The van der Waals surface area contributed by atoms with Gasteiger partial charge in [-0.25, -0.2) is 0 Å². The van der Waals surface area contributed by atoms with E-state index in [2.05, 4.69) is 74.6 Å². The third-order valence-electron chi connectivity index (χ3n) is 17.0. The molecule has 10 heteroatoms. The van der Waals surface area contributed by atoms with Crippen LogP contribution in [0.1, 0.15) is 373 Å². The van der Waals surface area contributed by atoms with E-state index >= 15 is 0 Å². The molecule has 2 atom stereocenters. The second kappa shape index (κ2) is 69.1. The van der Waals surface area contributed by atoms with Crippen LogP contribution in [0.25, 0.3) is 0 Å². The number of phosphoric acid groups is 1. The summed E-state index contributed by atoms with van der Waals surface area (Å²) in [5.74, 6) is -0.814. The molecule has 0 bridgehead atoms. The first-order valence-corrected chi connectivity index (χ1v) is 39.5. The Labute approximate surface area is 546 Å². The van der Waals surface area contributed by atoms with Crippen LogP contribution in [-0.2, 0) is 32.7 Å². The normalized spacial score (nSPS) is 13.4. The van der Waals surface area contributed by atoms with E-state index in [0.717, 1.165) is 64.2 Å². The minimum atomic E-state index is -4.64. The Morgan fingerprint density at radius 2 is 0.648 bits per heavy atom. The average molecular weight is 1260 g/mol. The van der Waals surface area contributed by atoms with Crippen LogP contribution in [0.4, 0.5) is 0 Å². The summed E-state index contributed by atoms with van der Waals surface area (Å²) in [5, 5.41) is 0. The fourth-order valence-electron chi connectivity index (χ4n) is 11.2. The standard InChI is InChI=1S/C78H146NO8P/c1-6-8-10-12-14-16-18-20-22-24-26-28-30-32-34-36-37-38-39-40-41-43-44-46-48-50-52-54-56-58-60-62-64-66-68-70-77(80)84-74-76(75-86-88(82,83)85-73-72-79(3,4)5)87-78(81)71-69-67-65-63-61-59-57-55-53-51-49-47-45-42-35-33-31-29-27-25-23-21-19-17-15-13-11-9-7-2/h9,11,15,17,21,23-24,26-27,29,76H,6-8,10,12-14,16,18-20,22,25,28,30-75H2,1-5H3/b11-9-,17-15-,23-21-,26-24-,29-27-. The Kier molecular flexibility index (Phi) is 67.3. The number of likely N-dealkylation sites (N-methyl/N-ethyl adjacent to an activating group) is 1. The van der Waals surface area contributed by atoms with Crippen molar-refractivity contribution in [3.05, 3.63) is 60.8 Å². The largest absolute Gasteiger partial charge is 0.756 e. The highest BCUT2D eigenvalue weighted by molar-refractivity contribution is 7.45. The highest BCUT2D eigenvalue weighted by Crippen LogP contribution is 2.38. The zero-order valence-corrected chi connectivity index (χ0v) is 59.8. The van der Waals surface area contributed by atoms with Gasteiger partial charge in [-0.1, -0.05) is 344 Å². The van der Waals surface area contributed by atoms with E-state index in [9.17, 15) is 19.0 Å². The number of nitrogens with zero attached hydrogens (tertiary/aromatic N) is 1. The van der Waals surface area contributed by atoms with Crippen LogP contribution in [0, 0.1) is 0 Å². The number of rotatable bonds is 71. The van der Waals surface area contributed by atoms with Gasteiger partial charge in [0, 0.05) is 12.8 Å². The van der Waals surface area contributed by atoms with E-state index in [0.29, 0.717) is 17.4 Å². The minimum absolute atomic E-state index is 0.0295. The zero-order chi connectivity index (χ0) is 64.1. The van der Waals surface area contributed by atoms with Gasteiger partial charge in [-0.2, -0.15) is 0 Å². The van der Waals surface area contributed by atoms with Gasteiger partial charge in [-0.05, 0) is 77.0 Å². The van der Waals surface area contributed by atoms with E-state index in [1.807, 2.05) is 21.1 Å². The van der Waals surface area contributed by atoms with Crippen LogP contribution in [0.2, 0.25) is 0 Å². The summed E-state index contributed by atoms with van der Waals surface area (Å²) in [6.45, 7) is 4.19. The monoisotopic (exact) mass is 1260 g/mol. The van der Waals surface area contributed by atoms with Crippen LogP contribution in [0.15, 0.2) is 60.8 Å². The van der Waals surface area contributed by atoms with Gasteiger partial charge in [0.2, 0.25) is 0 Å². The molecule has 0 amide bonds. The molecule has 0 radical (unpaired) electrons. The van der Waals surface area contributed by atoms with Crippen LogP contribution in [0.3, 0.4) is 0 Å². The molecular weight excluding hydrogens is 1110 g/mol. The molecule has 0 saturated carbocycles. The number of ether oxygens (including phenoxy) is 2. The maximum atomic E-state index is 12.9. The van der Waals surface area contributed by atoms with Crippen molar-refractivity contribution >= 4 is 19.8 Å². The lowest BCUT2D eigenvalue weighted by molar-refractivity contribution is -0.870.